The number of carbonyl (C=O) groups is 2. The van der Waals surface area contributed by atoms with Crippen LogP contribution in [-0.4, -0.2) is 34.7 Å². The second-order valence-electron chi connectivity index (χ2n) is 6.35. The minimum absolute atomic E-state index is 0.144. The molecule has 0 bridgehead atoms. The van der Waals surface area contributed by atoms with Crippen molar-refractivity contribution in [2.75, 3.05) is 0 Å². The van der Waals surface area contributed by atoms with Gasteiger partial charge in [0.15, 0.2) is 0 Å². The third-order valence-electron chi connectivity index (χ3n) is 4.39. The molecule has 138 valence electrons. The van der Waals surface area contributed by atoms with Gasteiger partial charge in [-0.3, -0.25) is 9.59 Å². The fraction of sp³-hybridized carbons (Fsp3) is 0.300. The molecule has 2 amide bonds. The van der Waals surface area contributed by atoms with Gasteiger partial charge in [-0.15, -0.1) is 0 Å². The molecule has 2 aromatic rings. The lowest BCUT2D eigenvalue weighted by Crippen LogP contribution is -2.43. The van der Waals surface area contributed by atoms with Crippen molar-refractivity contribution in [2.45, 2.75) is 31.4 Å². The van der Waals surface area contributed by atoms with Gasteiger partial charge >= 0.3 is 0 Å². The lowest BCUT2D eigenvalue weighted by Gasteiger charge is -2.25. The normalized spacial score (nSPS) is 14.2. The van der Waals surface area contributed by atoms with Gasteiger partial charge in [-0.2, -0.15) is 0 Å². The molecule has 0 aliphatic carbocycles. The van der Waals surface area contributed by atoms with Crippen LogP contribution in [0.3, 0.4) is 0 Å². The van der Waals surface area contributed by atoms with Crippen molar-refractivity contribution in [1.29, 1.82) is 0 Å². The van der Waals surface area contributed by atoms with Gasteiger partial charge in [0, 0.05) is 5.92 Å². The summed E-state index contributed by atoms with van der Waals surface area (Å²) in [6.07, 6.45) is 0.547. The highest BCUT2D eigenvalue weighted by molar-refractivity contribution is 5.77. The number of phenolic OH excluding ortho intramolecular Hbond substituents is 1. The van der Waals surface area contributed by atoms with E-state index in [9.17, 15) is 19.8 Å². The Morgan fingerprint density at radius 1 is 1.04 bits per heavy atom. The van der Waals surface area contributed by atoms with Crippen molar-refractivity contribution in [3.8, 4) is 5.75 Å². The van der Waals surface area contributed by atoms with Gasteiger partial charge in [0.2, 0.25) is 12.3 Å². The number of rotatable bonds is 10. The molecule has 3 atom stereocenters. The highest BCUT2D eigenvalue weighted by Gasteiger charge is 2.26. The average Bonchev–Trinajstić information content (AvgIpc) is 2.63. The molecule has 0 aromatic heterocycles. The van der Waals surface area contributed by atoms with Gasteiger partial charge in [0.05, 0.1) is 12.1 Å². The molecule has 2 aromatic carbocycles. The average molecular weight is 356 g/mol. The molecule has 6 nitrogen and oxygen atoms in total. The predicted molar refractivity (Wildman–Crippen MR) is 98.3 cm³/mol. The van der Waals surface area contributed by atoms with E-state index in [0.717, 1.165) is 11.1 Å². The molecule has 0 radical (unpaired) electrons. The van der Waals surface area contributed by atoms with Crippen LogP contribution in [0.1, 0.15) is 17.5 Å². The second-order valence-corrected chi connectivity index (χ2v) is 6.35. The number of hydrogen-bond acceptors (Lipinski definition) is 4. The van der Waals surface area contributed by atoms with Gasteiger partial charge in [-0.05, 0) is 42.5 Å². The van der Waals surface area contributed by atoms with E-state index in [1.54, 1.807) is 24.3 Å². The van der Waals surface area contributed by atoms with Crippen molar-refractivity contribution < 1.29 is 19.8 Å². The topological polar surface area (TPSA) is 113 Å². The summed E-state index contributed by atoms with van der Waals surface area (Å²) in [4.78, 5) is 22.7. The minimum Gasteiger partial charge on any atom is -0.508 e. The fourth-order valence-corrected chi connectivity index (χ4v) is 2.93. The zero-order chi connectivity index (χ0) is 18.9. The molecule has 6 heteroatoms. The number of amides is 2. The number of nitrogens with one attached hydrogen (secondary N) is 1. The first kappa shape index (κ1) is 19.5. The summed E-state index contributed by atoms with van der Waals surface area (Å²) in [6.45, 7) is 0. The Kier molecular flexibility index (Phi) is 7.17. The van der Waals surface area contributed by atoms with Crippen LogP contribution in [0.2, 0.25) is 0 Å². The Bertz CT molecular complexity index is 704. The predicted octanol–water partition coefficient (Wildman–Crippen LogP) is 1.14. The molecule has 26 heavy (non-hydrogen) atoms. The molecule has 5 N–H and O–H groups in total. The van der Waals surface area contributed by atoms with Crippen molar-refractivity contribution in [1.82, 2.24) is 5.32 Å². The van der Waals surface area contributed by atoms with E-state index in [0.29, 0.717) is 19.3 Å². The SMILES string of the molecule is NC(=O)C(Cc1ccccc1)CC(O)C(Cc1ccc(O)cc1)NC=O. The highest BCUT2D eigenvalue weighted by atomic mass is 16.3. The maximum absolute atomic E-state index is 11.8. The van der Waals surface area contributed by atoms with Crippen molar-refractivity contribution >= 4 is 12.3 Å². The molecular weight excluding hydrogens is 332 g/mol. The summed E-state index contributed by atoms with van der Waals surface area (Å²) >= 11 is 0. The van der Waals surface area contributed by atoms with Gasteiger partial charge in [0.25, 0.3) is 0 Å². The van der Waals surface area contributed by atoms with E-state index in [-0.39, 0.29) is 12.2 Å². The van der Waals surface area contributed by atoms with Crippen LogP contribution in [0.25, 0.3) is 0 Å². The first-order valence-electron chi connectivity index (χ1n) is 8.48. The van der Waals surface area contributed by atoms with E-state index in [4.69, 9.17) is 5.73 Å². The first-order chi connectivity index (χ1) is 12.5. The van der Waals surface area contributed by atoms with Crippen molar-refractivity contribution in [2.24, 2.45) is 11.7 Å². The third kappa shape index (κ3) is 5.89. The van der Waals surface area contributed by atoms with E-state index in [1.165, 1.54) is 0 Å². The zero-order valence-corrected chi connectivity index (χ0v) is 14.4. The number of carbonyl (C=O) groups excluding carboxylic acids is 2. The zero-order valence-electron chi connectivity index (χ0n) is 14.4. The smallest absolute Gasteiger partial charge is 0.220 e. The summed E-state index contributed by atoms with van der Waals surface area (Å²) < 4.78 is 0. The molecule has 0 fully saturated rings. The number of aliphatic hydroxyl groups excluding tert-OH is 1. The summed E-state index contributed by atoms with van der Waals surface area (Å²) in [7, 11) is 0. The first-order valence-corrected chi connectivity index (χ1v) is 8.48. The second kappa shape index (κ2) is 9.58. The fourth-order valence-electron chi connectivity index (χ4n) is 2.93. The van der Waals surface area contributed by atoms with Gasteiger partial charge < -0.3 is 21.3 Å². The van der Waals surface area contributed by atoms with E-state index < -0.39 is 24.0 Å². The Labute approximate surface area is 152 Å². The largest absolute Gasteiger partial charge is 0.508 e. The minimum atomic E-state index is -0.935. The molecule has 0 saturated heterocycles. The molecule has 0 spiro atoms. The Balaban J connectivity index is 2.05. The molecule has 2 rings (SSSR count). The maximum Gasteiger partial charge on any atom is 0.220 e. The highest BCUT2D eigenvalue weighted by Crippen LogP contribution is 2.18. The number of nitrogens with two attached hydrogens (primary N) is 1. The number of aromatic hydroxyl groups is 1. The number of hydrogen-bond donors (Lipinski definition) is 4. The van der Waals surface area contributed by atoms with Gasteiger partial charge in [0.1, 0.15) is 5.75 Å². The van der Waals surface area contributed by atoms with E-state index >= 15 is 0 Å². The summed E-state index contributed by atoms with van der Waals surface area (Å²) in [5.74, 6) is -0.878. The standard InChI is InChI=1S/C20H24N2O4/c21-20(26)16(10-14-4-2-1-3-5-14)12-19(25)18(22-13-23)11-15-6-8-17(24)9-7-15/h1-9,13,16,18-19,24-25H,10-12H2,(H2,21,26)(H,22,23). The Morgan fingerprint density at radius 2 is 1.65 bits per heavy atom. The van der Waals surface area contributed by atoms with E-state index in [2.05, 4.69) is 5.32 Å². The van der Waals surface area contributed by atoms with Crippen LogP contribution in [-0.2, 0) is 22.4 Å². The van der Waals surface area contributed by atoms with Gasteiger partial charge in [-0.1, -0.05) is 42.5 Å². The van der Waals surface area contributed by atoms with Crippen LogP contribution >= 0.6 is 0 Å². The lowest BCUT2D eigenvalue weighted by atomic mass is 9.89. The molecule has 0 saturated carbocycles. The molecule has 0 aliphatic rings. The number of aliphatic hydroxyl groups is 1. The van der Waals surface area contributed by atoms with Crippen molar-refractivity contribution in [3.63, 3.8) is 0 Å². The van der Waals surface area contributed by atoms with Crippen LogP contribution in [0.5, 0.6) is 5.75 Å². The van der Waals surface area contributed by atoms with Crippen LogP contribution in [0.15, 0.2) is 54.6 Å². The van der Waals surface area contributed by atoms with E-state index in [1.807, 2.05) is 30.3 Å². The van der Waals surface area contributed by atoms with Crippen LogP contribution in [0, 0.1) is 5.92 Å². The quantitative estimate of drug-likeness (QED) is 0.478. The Morgan fingerprint density at radius 3 is 2.23 bits per heavy atom. The maximum atomic E-state index is 11.8. The molecule has 0 aliphatic heterocycles. The third-order valence-corrected chi connectivity index (χ3v) is 4.39. The summed E-state index contributed by atoms with van der Waals surface area (Å²) in [5, 5.41) is 22.5. The summed E-state index contributed by atoms with van der Waals surface area (Å²) in [5.41, 5.74) is 7.32. The van der Waals surface area contributed by atoms with Crippen LogP contribution < -0.4 is 11.1 Å². The van der Waals surface area contributed by atoms with Gasteiger partial charge in [-0.25, -0.2) is 0 Å². The monoisotopic (exact) mass is 356 g/mol. The van der Waals surface area contributed by atoms with Crippen LogP contribution in [0.4, 0.5) is 0 Å². The molecular formula is C20H24N2O4. The summed E-state index contributed by atoms with van der Waals surface area (Å²) in [6, 6.07) is 15.4. The molecule has 0 heterocycles. The lowest BCUT2D eigenvalue weighted by molar-refractivity contribution is -0.122. The number of phenols is 1. The molecule has 3 unspecified atom stereocenters. The number of primary amides is 1. The number of benzene rings is 2. The Hall–Kier alpha value is -2.86. The van der Waals surface area contributed by atoms with Crippen molar-refractivity contribution in [3.05, 3.63) is 65.7 Å².